The van der Waals surface area contributed by atoms with E-state index in [0.717, 1.165) is 35.6 Å². The summed E-state index contributed by atoms with van der Waals surface area (Å²) >= 11 is 6.59. The van der Waals surface area contributed by atoms with Crippen LogP contribution in [0.3, 0.4) is 0 Å². The maximum absolute atomic E-state index is 12.6. The van der Waals surface area contributed by atoms with E-state index in [9.17, 15) is 4.79 Å². The maximum Gasteiger partial charge on any atom is 0.310 e. The number of fused-ring (bicyclic) bond motifs is 1. The molecule has 1 aliphatic rings. The smallest absolute Gasteiger partial charge is 0.310 e. The second-order valence-corrected chi connectivity index (χ2v) is 9.99. The molecular weight excluding hydrogens is 484 g/mol. The number of benzene rings is 1. The van der Waals surface area contributed by atoms with Gasteiger partial charge in [0, 0.05) is 34.7 Å². The molecule has 0 radical (unpaired) electrons. The molecule has 1 aliphatic heterocycles. The van der Waals surface area contributed by atoms with Gasteiger partial charge < -0.3 is 25.1 Å². The predicted molar refractivity (Wildman–Crippen MR) is 134 cm³/mol. The molecule has 11 nitrogen and oxygen atoms in total. The first kappa shape index (κ1) is 24.2. The van der Waals surface area contributed by atoms with E-state index in [1.54, 1.807) is 16.6 Å². The highest BCUT2D eigenvalue weighted by molar-refractivity contribution is 6.31. The summed E-state index contributed by atoms with van der Waals surface area (Å²) in [6.07, 6.45) is 2.61. The summed E-state index contributed by atoms with van der Waals surface area (Å²) in [7, 11) is 0. The van der Waals surface area contributed by atoms with E-state index in [4.69, 9.17) is 26.5 Å². The minimum atomic E-state index is -0.879. The van der Waals surface area contributed by atoms with Crippen molar-refractivity contribution in [2.75, 3.05) is 31.2 Å². The molecule has 3 aromatic heterocycles. The molecule has 1 aromatic carbocycles. The Labute approximate surface area is 212 Å². The number of nitrogens with one attached hydrogen (secondary N) is 1. The number of hydrogen-bond acceptors (Lipinski definition) is 9. The summed E-state index contributed by atoms with van der Waals surface area (Å²) in [5.74, 6) is -0.371. The summed E-state index contributed by atoms with van der Waals surface area (Å²) in [5.41, 5.74) is 9.85. The first-order valence-corrected chi connectivity index (χ1v) is 11.9. The highest BCUT2D eigenvalue weighted by atomic mass is 35.5. The van der Waals surface area contributed by atoms with E-state index in [-0.39, 0.29) is 11.3 Å². The number of rotatable bonds is 5. The SMILES string of the molecule is CC(C)(C)c1nnc(C(=O)N[C@H](N)c2ccc(-c3ncnn4cc(N5CCOCC5)cc34)cc2Cl)o1. The zero-order valence-corrected chi connectivity index (χ0v) is 21.0. The van der Waals surface area contributed by atoms with Crippen molar-refractivity contribution in [3.8, 4) is 11.3 Å². The Hall–Kier alpha value is -3.54. The zero-order chi connectivity index (χ0) is 25.4. The van der Waals surface area contributed by atoms with Gasteiger partial charge >= 0.3 is 11.8 Å². The quantitative estimate of drug-likeness (QED) is 0.388. The second kappa shape index (κ2) is 9.49. The van der Waals surface area contributed by atoms with Crippen LogP contribution in [0, 0.1) is 0 Å². The molecule has 0 bridgehead atoms. The van der Waals surface area contributed by atoms with Gasteiger partial charge in [-0.1, -0.05) is 44.5 Å². The fraction of sp³-hybridized carbons (Fsp3) is 0.375. The fourth-order valence-electron chi connectivity index (χ4n) is 3.96. The van der Waals surface area contributed by atoms with E-state index in [0.29, 0.717) is 29.7 Å². The second-order valence-electron chi connectivity index (χ2n) is 9.59. The number of ether oxygens (including phenoxy) is 1. The molecule has 12 heteroatoms. The molecule has 1 saturated heterocycles. The van der Waals surface area contributed by atoms with Crippen molar-refractivity contribution in [3.63, 3.8) is 0 Å². The number of halogens is 1. The lowest BCUT2D eigenvalue weighted by atomic mass is 9.97. The Morgan fingerprint density at radius 1 is 1.19 bits per heavy atom. The minimum absolute atomic E-state index is 0.157. The lowest BCUT2D eigenvalue weighted by molar-refractivity contribution is 0.0899. The van der Waals surface area contributed by atoms with Gasteiger partial charge in [0.1, 0.15) is 12.5 Å². The highest BCUT2D eigenvalue weighted by Crippen LogP contribution is 2.31. The Balaban J connectivity index is 1.36. The van der Waals surface area contributed by atoms with Gasteiger partial charge in [0.05, 0.1) is 36.3 Å². The molecular formula is C24H27ClN8O3. The maximum atomic E-state index is 12.6. The molecule has 1 atom stereocenters. The lowest BCUT2D eigenvalue weighted by Gasteiger charge is -2.27. The number of anilines is 1. The number of nitrogens with zero attached hydrogens (tertiary/aromatic N) is 6. The van der Waals surface area contributed by atoms with Crippen LogP contribution in [0.5, 0.6) is 0 Å². The van der Waals surface area contributed by atoms with Gasteiger partial charge in [-0.2, -0.15) is 5.10 Å². The summed E-state index contributed by atoms with van der Waals surface area (Å²) in [6, 6.07) is 7.46. The molecule has 36 heavy (non-hydrogen) atoms. The number of nitrogens with two attached hydrogens (primary N) is 1. The monoisotopic (exact) mass is 510 g/mol. The Kier molecular flexibility index (Phi) is 6.37. The van der Waals surface area contributed by atoms with Crippen molar-refractivity contribution < 1.29 is 13.9 Å². The fourth-order valence-corrected chi connectivity index (χ4v) is 4.26. The van der Waals surface area contributed by atoms with Crippen molar-refractivity contribution in [3.05, 3.63) is 59.2 Å². The van der Waals surface area contributed by atoms with Gasteiger partial charge in [-0.05, 0) is 12.1 Å². The minimum Gasteiger partial charge on any atom is -0.416 e. The topological polar surface area (TPSA) is 137 Å². The molecule has 4 aromatic rings. The first-order chi connectivity index (χ1) is 17.2. The Morgan fingerprint density at radius 3 is 2.67 bits per heavy atom. The number of amides is 1. The third-order valence-corrected chi connectivity index (χ3v) is 6.25. The average molecular weight is 511 g/mol. The number of aromatic nitrogens is 5. The van der Waals surface area contributed by atoms with Gasteiger partial charge in [0.25, 0.3) is 0 Å². The van der Waals surface area contributed by atoms with Crippen LogP contribution < -0.4 is 16.0 Å². The molecule has 188 valence electrons. The van der Waals surface area contributed by atoms with Crippen LogP contribution in [0.1, 0.15) is 49.1 Å². The van der Waals surface area contributed by atoms with Crippen molar-refractivity contribution in [2.45, 2.75) is 32.4 Å². The van der Waals surface area contributed by atoms with E-state index in [2.05, 4.69) is 36.6 Å². The molecule has 1 fully saturated rings. The van der Waals surface area contributed by atoms with Crippen LogP contribution in [0.2, 0.25) is 5.02 Å². The van der Waals surface area contributed by atoms with E-state index >= 15 is 0 Å². The van der Waals surface area contributed by atoms with Crippen LogP contribution >= 0.6 is 11.6 Å². The van der Waals surface area contributed by atoms with Crippen LogP contribution in [-0.2, 0) is 10.2 Å². The van der Waals surface area contributed by atoms with E-state index < -0.39 is 12.1 Å². The normalized spacial score (nSPS) is 15.3. The molecule has 0 unspecified atom stereocenters. The Morgan fingerprint density at radius 2 is 1.97 bits per heavy atom. The number of morpholine rings is 1. The summed E-state index contributed by atoms with van der Waals surface area (Å²) in [5, 5.41) is 15.2. The third kappa shape index (κ3) is 4.77. The molecule has 3 N–H and O–H groups in total. The van der Waals surface area contributed by atoms with E-state index in [1.165, 1.54) is 6.33 Å². The van der Waals surface area contributed by atoms with Crippen LogP contribution in [-0.4, -0.2) is 57.0 Å². The molecule has 0 spiro atoms. The number of carbonyl (C=O) groups excluding carboxylic acids is 1. The molecule has 0 saturated carbocycles. The van der Waals surface area contributed by atoms with Crippen LogP contribution in [0.25, 0.3) is 16.8 Å². The van der Waals surface area contributed by atoms with Gasteiger partial charge in [-0.25, -0.2) is 9.50 Å². The lowest BCUT2D eigenvalue weighted by Crippen LogP contribution is -2.35. The van der Waals surface area contributed by atoms with Gasteiger partial charge in [0.2, 0.25) is 5.89 Å². The van der Waals surface area contributed by atoms with Crippen molar-refractivity contribution >= 4 is 28.7 Å². The Bertz CT molecular complexity index is 1400. The van der Waals surface area contributed by atoms with E-state index in [1.807, 2.05) is 33.0 Å². The summed E-state index contributed by atoms with van der Waals surface area (Å²) < 4.78 is 12.7. The predicted octanol–water partition coefficient (Wildman–Crippen LogP) is 2.95. The highest BCUT2D eigenvalue weighted by Gasteiger charge is 2.25. The van der Waals surface area contributed by atoms with Gasteiger partial charge in [-0.3, -0.25) is 4.79 Å². The standard InChI is InChI=1S/C24H27ClN8O3/c1-24(2,3)23-31-30-22(36-23)21(34)29-20(26)16-5-4-14(10-17(16)25)19-18-11-15(12-33(18)28-13-27-19)32-6-8-35-9-7-32/h4-5,10-13,20H,6-9,26H2,1-3H3,(H,29,34)/t20-/m0/s1. The molecule has 5 rings (SSSR count). The number of carbonyl (C=O) groups is 1. The third-order valence-electron chi connectivity index (χ3n) is 5.92. The molecule has 1 amide bonds. The van der Waals surface area contributed by atoms with Crippen LogP contribution in [0.15, 0.2) is 41.2 Å². The average Bonchev–Trinajstić information content (AvgIpc) is 3.52. The largest absolute Gasteiger partial charge is 0.416 e. The van der Waals surface area contributed by atoms with Crippen molar-refractivity contribution in [1.29, 1.82) is 0 Å². The molecule has 4 heterocycles. The van der Waals surface area contributed by atoms with Gasteiger partial charge in [-0.15, -0.1) is 10.2 Å². The van der Waals surface area contributed by atoms with Gasteiger partial charge in [0.15, 0.2) is 0 Å². The summed E-state index contributed by atoms with van der Waals surface area (Å²) in [4.78, 5) is 19.3. The first-order valence-electron chi connectivity index (χ1n) is 11.6. The number of hydrogen-bond donors (Lipinski definition) is 2. The molecule has 0 aliphatic carbocycles. The zero-order valence-electron chi connectivity index (χ0n) is 20.2. The summed E-state index contributed by atoms with van der Waals surface area (Å²) in [6.45, 7) is 8.79. The van der Waals surface area contributed by atoms with Crippen LogP contribution in [0.4, 0.5) is 5.69 Å². The van der Waals surface area contributed by atoms with Crippen molar-refractivity contribution in [2.24, 2.45) is 5.73 Å². The van der Waals surface area contributed by atoms with Crippen molar-refractivity contribution in [1.82, 2.24) is 30.1 Å².